The molecule has 1 aliphatic carbocycles. The Hall–Kier alpha value is -1.49. The molecule has 2 fully saturated rings. The lowest BCUT2D eigenvalue weighted by Gasteiger charge is -2.41. The number of carbonyl (C=O) groups excluding carboxylic acids is 2. The zero-order valence-electron chi connectivity index (χ0n) is 14.1. The quantitative estimate of drug-likeness (QED) is 0.844. The smallest absolute Gasteiger partial charge is 0.253 e. The van der Waals surface area contributed by atoms with Gasteiger partial charge in [0.05, 0.1) is 10.9 Å². The first-order valence-electron chi connectivity index (χ1n) is 9.02. The minimum absolute atomic E-state index is 0.0140. The highest BCUT2D eigenvalue weighted by molar-refractivity contribution is 8.00. The van der Waals surface area contributed by atoms with Crippen LogP contribution in [0.5, 0.6) is 0 Å². The molecule has 2 amide bonds. The molecule has 3 aliphatic rings. The zero-order chi connectivity index (χ0) is 16.7. The van der Waals surface area contributed by atoms with Crippen LogP contribution < -0.4 is 5.32 Å². The van der Waals surface area contributed by atoms with E-state index in [0.717, 1.165) is 36.0 Å². The van der Waals surface area contributed by atoms with E-state index in [4.69, 9.17) is 0 Å². The van der Waals surface area contributed by atoms with E-state index in [1.807, 2.05) is 30.0 Å². The fraction of sp³-hybridized carbons (Fsp3) is 0.579. The van der Waals surface area contributed by atoms with E-state index in [-0.39, 0.29) is 17.1 Å². The normalized spacial score (nSPS) is 29.5. The molecule has 1 saturated heterocycles. The summed E-state index contributed by atoms with van der Waals surface area (Å²) in [4.78, 5) is 27.9. The second-order valence-corrected chi connectivity index (χ2v) is 8.69. The SMILES string of the molecule is C[C@@H]1Sc2ccc(C(=O)N3CC[C@@H]4CCCC[C@@H]4C3)cc2NC1=O. The summed E-state index contributed by atoms with van der Waals surface area (Å²) in [5, 5.41) is 2.84. The molecule has 1 aromatic carbocycles. The summed E-state index contributed by atoms with van der Waals surface area (Å²) >= 11 is 1.55. The Labute approximate surface area is 147 Å². The number of rotatable bonds is 1. The van der Waals surface area contributed by atoms with Crippen LogP contribution in [0.2, 0.25) is 0 Å². The predicted octanol–water partition coefficient (Wildman–Crippen LogP) is 3.77. The number of hydrogen-bond donors (Lipinski definition) is 1. The van der Waals surface area contributed by atoms with E-state index < -0.39 is 0 Å². The fourth-order valence-corrected chi connectivity index (χ4v) is 5.24. The van der Waals surface area contributed by atoms with Crippen molar-refractivity contribution in [3.63, 3.8) is 0 Å². The number of nitrogens with one attached hydrogen (secondary N) is 1. The maximum Gasteiger partial charge on any atom is 0.253 e. The van der Waals surface area contributed by atoms with Crippen molar-refractivity contribution in [3.8, 4) is 0 Å². The van der Waals surface area contributed by atoms with E-state index in [1.165, 1.54) is 25.7 Å². The molecule has 128 valence electrons. The van der Waals surface area contributed by atoms with Crippen LogP contribution in [-0.4, -0.2) is 35.1 Å². The lowest BCUT2D eigenvalue weighted by Crippen LogP contribution is -2.44. The molecule has 3 atom stereocenters. The number of likely N-dealkylation sites (tertiary alicyclic amines) is 1. The molecule has 0 unspecified atom stereocenters. The first-order valence-corrected chi connectivity index (χ1v) is 9.90. The topological polar surface area (TPSA) is 49.4 Å². The molecule has 24 heavy (non-hydrogen) atoms. The highest BCUT2D eigenvalue weighted by Gasteiger charge is 2.33. The monoisotopic (exact) mass is 344 g/mol. The van der Waals surface area contributed by atoms with Gasteiger partial charge >= 0.3 is 0 Å². The second kappa shape index (κ2) is 6.43. The molecule has 1 aromatic rings. The molecular weight excluding hydrogens is 320 g/mol. The molecular formula is C19H24N2O2S. The highest BCUT2D eigenvalue weighted by Crippen LogP contribution is 2.38. The average molecular weight is 344 g/mol. The first-order chi connectivity index (χ1) is 11.6. The van der Waals surface area contributed by atoms with Gasteiger partial charge in [-0.15, -0.1) is 11.8 Å². The molecule has 0 spiro atoms. The van der Waals surface area contributed by atoms with E-state index in [1.54, 1.807) is 11.8 Å². The van der Waals surface area contributed by atoms with Crippen molar-refractivity contribution in [2.75, 3.05) is 18.4 Å². The third kappa shape index (κ3) is 2.94. The minimum atomic E-state index is -0.0793. The Kier molecular flexibility index (Phi) is 4.29. The number of benzene rings is 1. The van der Waals surface area contributed by atoms with Crippen LogP contribution in [0.25, 0.3) is 0 Å². The van der Waals surface area contributed by atoms with Crippen LogP contribution in [0.1, 0.15) is 49.4 Å². The van der Waals surface area contributed by atoms with Crippen LogP contribution >= 0.6 is 11.8 Å². The van der Waals surface area contributed by atoms with Gasteiger partial charge in [-0.05, 0) is 49.8 Å². The second-order valence-electron chi connectivity index (χ2n) is 7.30. The van der Waals surface area contributed by atoms with Crippen molar-refractivity contribution in [1.29, 1.82) is 0 Å². The van der Waals surface area contributed by atoms with Crippen LogP contribution in [-0.2, 0) is 4.79 Å². The highest BCUT2D eigenvalue weighted by atomic mass is 32.2. The van der Waals surface area contributed by atoms with Crippen LogP contribution in [0, 0.1) is 11.8 Å². The van der Waals surface area contributed by atoms with Gasteiger partial charge in [0.25, 0.3) is 5.91 Å². The Balaban J connectivity index is 1.51. The molecule has 2 heterocycles. The maximum absolute atomic E-state index is 12.9. The van der Waals surface area contributed by atoms with Crippen LogP contribution in [0.4, 0.5) is 5.69 Å². The number of hydrogen-bond acceptors (Lipinski definition) is 3. The largest absolute Gasteiger partial charge is 0.338 e. The number of fused-ring (bicyclic) bond motifs is 2. The summed E-state index contributed by atoms with van der Waals surface area (Å²) in [7, 11) is 0. The van der Waals surface area contributed by atoms with E-state index >= 15 is 0 Å². The third-order valence-corrected chi connectivity index (χ3v) is 6.91. The zero-order valence-corrected chi connectivity index (χ0v) is 14.9. The number of carbonyl (C=O) groups is 2. The first kappa shape index (κ1) is 16.0. The predicted molar refractivity (Wildman–Crippen MR) is 96.4 cm³/mol. The van der Waals surface area contributed by atoms with Gasteiger partial charge < -0.3 is 10.2 Å². The molecule has 1 saturated carbocycles. The van der Waals surface area contributed by atoms with Gasteiger partial charge in [-0.25, -0.2) is 0 Å². The Bertz CT molecular complexity index is 675. The van der Waals surface area contributed by atoms with Crippen molar-refractivity contribution in [3.05, 3.63) is 23.8 Å². The summed E-state index contributed by atoms with van der Waals surface area (Å²) < 4.78 is 0. The molecule has 4 rings (SSSR count). The van der Waals surface area contributed by atoms with Gasteiger partial charge in [-0.2, -0.15) is 0 Å². The summed E-state index contributed by atoms with van der Waals surface area (Å²) in [5.41, 5.74) is 1.47. The number of thioether (sulfide) groups is 1. The number of amides is 2. The molecule has 0 radical (unpaired) electrons. The van der Waals surface area contributed by atoms with Crippen LogP contribution in [0.15, 0.2) is 23.1 Å². The van der Waals surface area contributed by atoms with E-state index in [0.29, 0.717) is 11.5 Å². The van der Waals surface area contributed by atoms with Gasteiger partial charge in [-0.1, -0.05) is 19.3 Å². The van der Waals surface area contributed by atoms with Crippen molar-refractivity contribution < 1.29 is 9.59 Å². The number of nitrogens with zero attached hydrogens (tertiary/aromatic N) is 1. The summed E-state index contributed by atoms with van der Waals surface area (Å²) in [6.45, 7) is 3.67. The molecule has 0 aromatic heterocycles. The Morgan fingerprint density at radius 3 is 2.83 bits per heavy atom. The van der Waals surface area contributed by atoms with Gasteiger partial charge in [0, 0.05) is 23.5 Å². The van der Waals surface area contributed by atoms with Gasteiger partial charge in [0.15, 0.2) is 0 Å². The average Bonchev–Trinajstić information content (AvgIpc) is 2.61. The number of piperidine rings is 1. The maximum atomic E-state index is 12.9. The summed E-state index contributed by atoms with van der Waals surface area (Å²) in [6.07, 6.45) is 6.42. The van der Waals surface area contributed by atoms with Crippen LogP contribution in [0.3, 0.4) is 0 Å². The van der Waals surface area contributed by atoms with Gasteiger partial charge in [0.1, 0.15) is 0 Å². The van der Waals surface area contributed by atoms with E-state index in [9.17, 15) is 9.59 Å². The van der Waals surface area contributed by atoms with Crippen molar-refractivity contribution in [2.45, 2.75) is 49.2 Å². The third-order valence-electron chi connectivity index (χ3n) is 5.74. The molecule has 2 aliphatic heterocycles. The van der Waals surface area contributed by atoms with Gasteiger partial charge in [0.2, 0.25) is 5.91 Å². The van der Waals surface area contributed by atoms with Crippen molar-refractivity contribution >= 4 is 29.3 Å². The van der Waals surface area contributed by atoms with Crippen molar-refractivity contribution in [1.82, 2.24) is 4.90 Å². The molecule has 5 heteroatoms. The van der Waals surface area contributed by atoms with Gasteiger partial charge in [-0.3, -0.25) is 9.59 Å². The Morgan fingerprint density at radius 1 is 1.21 bits per heavy atom. The standard InChI is InChI=1S/C19H24N2O2S/c1-12-18(22)20-16-10-14(6-7-17(16)24-12)19(23)21-9-8-13-4-2-3-5-15(13)11-21/h6-7,10,12-13,15H,2-5,8-9,11H2,1H3,(H,20,22)/t12-,13-,15+/m0/s1. The lowest BCUT2D eigenvalue weighted by atomic mass is 9.75. The summed E-state index contributed by atoms with van der Waals surface area (Å²) in [5.74, 6) is 1.63. The number of anilines is 1. The van der Waals surface area contributed by atoms with E-state index in [2.05, 4.69) is 5.32 Å². The molecule has 4 nitrogen and oxygen atoms in total. The molecule has 1 N–H and O–H groups in total. The van der Waals surface area contributed by atoms with Crippen molar-refractivity contribution in [2.24, 2.45) is 11.8 Å². The molecule has 0 bridgehead atoms. The lowest BCUT2D eigenvalue weighted by molar-refractivity contribution is -0.115. The minimum Gasteiger partial charge on any atom is -0.338 e. The fourth-order valence-electron chi connectivity index (χ4n) is 4.31. The summed E-state index contributed by atoms with van der Waals surface area (Å²) in [6, 6.07) is 5.73. The Morgan fingerprint density at radius 2 is 2.00 bits per heavy atom.